The number of aldehydes is 1. The summed E-state index contributed by atoms with van der Waals surface area (Å²) >= 11 is 0. The molecule has 2 heterocycles. The molecular weight excluding hydrogens is 292 g/mol. The SMILES string of the molecule is O=CCCCCC[C@@H]1[C@H](C/C=C\CCCC(=O)O)[C@@H]2CC[C@H]1O2. The molecule has 2 rings (SSSR count). The molecule has 0 amide bonds. The molecule has 2 bridgehead atoms. The molecule has 130 valence electrons. The zero-order valence-electron chi connectivity index (χ0n) is 14.0. The zero-order chi connectivity index (χ0) is 16.5. The first-order chi connectivity index (χ1) is 11.2. The Morgan fingerprint density at radius 3 is 2.52 bits per heavy atom. The highest BCUT2D eigenvalue weighted by Crippen LogP contribution is 2.47. The summed E-state index contributed by atoms with van der Waals surface area (Å²) in [5.41, 5.74) is 0. The van der Waals surface area contributed by atoms with Crippen LogP contribution in [0.4, 0.5) is 0 Å². The fraction of sp³-hybridized carbons (Fsp3) is 0.789. The molecule has 0 aliphatic carbocycles. The van der Waals surface area contributed by atoms with Crippen LogP contribution in [0.15, 0.2) is 12.2 Å². The van der Waals surface area contributed by atoms with Crippen LogP contribution in [0.2, 0.25) is 0 Å². The van der Waals surface area contributed by atoms with Crippen LogP contribution >= 0.6 is 0 Å². The predicted octanol–water partition coefficient (Wildman–Crippen LogP) is 4.13. The molecular formula is C19H30O4. The monoisotopic (exact) mass is 322 g/mol. The van der Waals surface area contributed by atoms with Crippen molar-refractivity contribution in [3.8, 4) is 0 Å². The van der Waals surface area contributed by atoms with E-state index in [4.69, 9.17) is 9.84 Å². The maximum Gasteiger partial charge on any atom is 0.303 e. The molecule has 2 aliphatic heterocycles. The predicted molar refractivity (Wildman–Crippen MR) is 89.3 cm³/mol. The molecule has 0 aromatic rings. The van der Waals surface area contributed by atoms with Crippen molar-refractivity contribution in [3.63, 3.8) is 0 Å². The van der Waals surface area contributed by atoms with Crippen LogP contribution in [0.1, 0.15) is 70.6 Å². The van der Waals surface area contributed by atoms with E-state index in [2.05, 4.69) is 12.2 Å². The van der Waals surface area contributed by atoms with E-state index in [1.165, 1.54) is 25.7 Å². The summed E-state index contributed by atoms with van der Waals surface area (Å²) in [6.45, 7) is 0. The Morgan fingerprint density at radius 2 is 1.78 bits per heavy atom. The second-order valence-electron chi connectivity index (χ2n) is 6.92. The molecule has 4 heteroatoms. The first-order valence-corrected chi connectivity index (χ1v) is 9.18. The summed E-state index contributed by atoms with van der Waals surface area (Å²) in [5.74, 6) is 0.596. The molecule has 0 radical (unpaired) electrons. The van der Waals surface area contributed by atoms with Crippen LogP contribution < -0.4 is 0 Å². The van der Waals surface area contributed by atoms with E-state index in [0.717, 1.165) is 38.4 Å². The number of hydrogen-bond donors (Lipinski definition) is 1. The Balaban J connectivity index is 1.69. The Kier molecular flexibility index (Phi) is 7.80. The lowest BCUT2D eigenvalue weighted by atomic mass is 9.75. The number of rotatable bonds is 12. The van der Waals surface area contributed by atoms with E-state index in [1.807, 2.05) is 0 Å². The van der Waals surface area contributed by atoms with Crippen molar-refractivity contribution in [2.24, 2.45) is 11.8 Å². The molecule has 0 unspecified atom stereocenters. The number of ether oxygens (including phenoxy) is 1. The fourth-order valence-electron chi connectivity index (χ4n) is 4.12. The maximum atomic E-state index is 10.5. The van der Waals surface area contributed by atoms with Gasteiger partial charge in [0, 0.05) is 12.8 Å². The number of aliphatic carboxylic acids is 1. The number of hydrogen-bond acceptors (Lipinski definition) is 3. The fourth-order valence-corrected chi connectivity index (χ4v) is 4.12. The quantitative estimate of drug-likeness (QED) is 0.333. The second kappa shape index (κ2) is 9.86. The van der Waals surface area contributed by atoms with Crippen LogP contribution in [0.3, 0.4) is 0 Å². The largest absolute Gasteiger partial charge is 0.481 e. The highest BCUT2D eigenvalue weighted by Gasteiger charge is 2.47. The lowest BCUT2D eigenvalue weighted by Crippen LogP contribution is -2.26. The van der Waals surface area contributed by atoms with Crippen molar-refractivity contribution in [2.75, 3.05) is 0 Å². The van der Waals surface area contributed by atoms with Crippen molar-refractivity contribution in [1.82, 2.24) is 0 Å². The van der Waals surface area contributed by atoms with Gasteiger partial charge in [-0.2, -0.15) is 0 Å². The first-order valence-electron chi connectivity index (χ1n) is 9.18. The van der Waals surface area contributed by atoms with Crippen molar-refractivity contribution >= 4 is 12.3 Å². The second-order valence-corrected chi connectivity index (χ2v) is 6.92. The zero-order valence-corrected chi connectivity index (χ0v) is 14.0. The molecule has 4 nitrogen and oxygen atoms in total. The van der Waals surface area contributed by atoms with E-state index < -0.39 is 5.97 Å². The molecule has 23 heavy (non-hydrogen) atoms. The van der Waals surface area contributed by atoms with Crippen molar-refractivity contribution in [3.05, 3.63) is 12.2 Å². The van der Waals surface area contributed by atoms with Crippen LogP contribution in [0, 0.1) is 11.8 Å². The summed E-state index contributed by atoms with van der Waals surface area (Å²) in [6, 6.07) is 0. The minimum atomic E-state index is -0.713. The molecule has 0 aromatic heterocycles. The average molecular weight is 322 g/mol. The topological polar surface area (TPSA) is 63.6 Å². The van der Waals surface area contributed by atoms with Crippen molar-refractivity contribution < 1.29 is 19.4 Å². The normalized spacial score (nSPS) is 29.4. The summed E-state index contributed by atoms with van der Waals surface area (Å²) in [5, 5.41) is 8.63. The molecule has 4 atom stereocenters. The Morgan fingerprint density at radius 1 is 1.00 bits per heavy atom. The van der Waals surface area contributed by atoms with Gasteiger partial charge < -0.3 is 14.6 Å². The average Bonchev–Trinajstić information content (AvgIpc) is 3.12. The first kappa shape index (κ1) is 18.2. The van der Waals surface area contributed by atoms with Gasteiger partial charge in [0.15, 0.2) is 0 Å². The number of allylic oxidation sites excluding steroid dienone is 2. The number of carbonyl (C=O) groups excluding carboxylic acids is 1. The third-order valence-corrected chi connectivity index (χ3v) is 5.29. The highest BCUT2D eigenvalue weighted by atomic mass is 16.5. The van der Waals surface area contributed by atoms with Gasteiger partial charge in [0.1, 0.15) is 6.29 Å². The van der Waals surface area contributed by atoms with Gasteiger partial charge in [0.2, 0.25) is 0 Å². The molecule has 1 N–H and O–H groups in total. The lowest BCUT2D eigenvalue weighted by Gasteiger charge is -2.27. The third-order valence-electron chi connectivity index (χ3n) is 5.29. The molecule has 2 aliphatic rings. The molecule has 2 saturated heterocycles. The summed E-state index contributed by atoms with van der Waals surface area (Å²) < 4.78 is 6.12. The number of carboxylic acid groups (broad SMARTS) is 1. The van der Waals surface area contributed by atoms with Gasteiger partial charge in [-0.3, -0.25) is 4.79 Å². The molecule has 0 aromatic carbocycles. The van der Waals surface area contributed by atoms with Crippen LogP contribution in [0.25, 0.3) is 0 Å². The number of unbranched alkanes of at least 4 members (excludes halogenated alkanes) is 4. The number of carboxylic acids is 1. The smallest absolute Gasteiger partial charge is 0.303 e. The van der Waals surface area contributed by atoms with E-state index in [1.54, 1.807) is 0 Å². The van der Waals surface area contributed by atoms with E-state index in [-0.39, 0.29) is 6.42 Å². The van der Waals surface area contributed by atoms with Gasteiger partial charge >= 0.3 is 5.97 Å². The van der Waals surface area contributed by atoms with E-state index in [9.17, 15) is 9.59 Å². The number of carbonyl (C=O) groups is 2. The summed E-state index contributed by atoms with van der Waals surface area (Å²) in [7, 11) is 0. The highest BCUT2D eigenvalue weighted by molar-refractivity contribution is 5.66. The summed E-state index contributed by atoms with van der Waals surface area (Å²) in [6.07, 6.45) is 16.8. The van der Waals surface area contributed by atoms with Crippen molar-refractivity contribution in [1.29, 1.82) is 0 Å². The minimum absolute atomic E-state index is 0.255. The standard InChI is InChI=1S/C19H30O4/c20-14-8-4-3-6-10-16-15(17-12-13-18(16)23-17)9-5-1-2-7-11-19(21)22/h1,5,14-18H,2-4,6-13H2,(H,21,22)/b5-1-/t15-,16+,17-,18+/m0/s1. The Labute approximate surface area is 139 Å². The van der Waals surface area contributed by atoms with Crippen molar-refractivity contribution in [2.45, 2.75) is 82.8 Å². The lowest BCUT2D eigenvalue weighted by molar-refractivity contribution is -0.137. The van der Waals surface area contributed by atoms with Gasteiger partial charge in [0.05, 0.1) is 12.2 Å². The van der Waals surface area contributed by atoms with E-state index in [0.29, 0.717) is 30.5 Å². The summed E-state index contributed by atoms with van der Waals surface area (Å²) in [4.78, 5) is 20.8. The van der Waals surface area contributed by atoms with E-state index >= 15 is 0 Å². The van der Waals surface area contributed by atoms with Crippen LogP contribution in [0.5, 0.6) is 0 Å². The Bertz CT molecular complexity index is 404. The van der Waals surface area contributed by atoms with Gasteiger partial charge in [-0.1, -0.05) is 25.0 Å². The van der Waals surface area contributed by atoms with Crippen LogP contribution in [-0.2, 0) is 14.3 Å². The van der Waals surface area contributed by atoms with Gasteiger partial charge in [0.25, 0.3) is 0 Å². The van der Waals surface area contributed by atoms with Gasteiger partial charge in [-0.05, 0) is 56.8 Å². The molecule has 0 saturated carbocycles. The van der Waals surface area contributed by atoms with Gasteiger partial charge in [-0.15, -0.1) is 0 Å². The Hall–Kier alpha value is -1.16. The third kappa shape index (κ3) is 5.76. The molecule has 2 fully saturated rings. The number of fused-ring (bicyclic) bond motifs is 2. The minimum Gasteiger partial charge on any atom is -0.481 e. The van der Waals surface area contributed by atoms with Crippen LogP contribution in [-0.4, -0.2) is 29.6 Å². The van der Waals surface area contributed by atoms with Gasteiger partial charge in [-0.25, -0.2) is 0 Å². The maximum absolute atomic E-state index is 10.5. The molecule has 0 spiro atoms.